The van der Waals surface area contributed by atoms with Crippen molar-refractivity contribution in [3.8, 4) is 11.1 Å². The molecular formula is C25H16F2N4O3. The minimum absolute atomic E-state index is 0.161. The molecule has 0 atom stereocenters. The van der Waals surface area contributed by atoms with Gasteiger partial charge in [-0.25, -0.2) is 8.78 Å². The lowest BCUT2D eigenvalue weighted by atomic mass is 10.0. The van der Waals surface area contributed by atoms with Crippen molar-refractivity contribution in [2.24, 2.45) is 0 Å². The Labute approximate surface area is 191 Å². The van der Waals surface area contributed by atoms with Crippen molar-refractivity contribution in [2.75, 3.05) is 10.6 Å². The molecule has 9 heteroatoms. The number of rotatable bonds is 4. The van der Waals surface area contributed by atoms with E-state index in [-0.39, 0.29) is 22.4 Å². The van der Waals surface area contributed by atoms with E-state index in [9.17, 15) is 23.2 Å². The van der Waals surface area contributed by atoms with Gasteiger partial charge in [-0.05, 0) is 48.0 Å². The largest absolute Gasteiger partial charge is 0.366 e. The Bertz CT molecular complexity index is 1520. The molecule has 0 saturated carbocycles. The predicted octanol–water partition coefficient (Wildman–Crippen LogP) is 4.39. The Kier molecular flexibility index (Phi) is 5.14. The maximum atomic E-state index is 14.9. The van der Waals surface area contributed by atoms with E-state index in [1.807, 2.05) is 0 Å². The monoisotopic (exact) mass is 458 g/mol. The van der Waals surface area contributed by atoms with E-state index in [1.165, 1.54) is 42.7 Å². The van der Waals surface area contributed by atoms with Gasteiger partial charge in [0.1, 0.15) is 17.2 Å². The van der Waals surface area contributed by atoms with Crippen molar-refractivity contribution in [3.05, 3.63) is 106 Å². The minimum Gasteiger partial charge on any atom is -0.366 e. The Balaban J connectivity index is 1.45. The Morgan fingerprint density at radius 2 is 1.76 bits per heavy atom. The van der Waals surface area contributed by atoms with Crippen LogP contribution >= 0.6 is 0 Å². The zero-order chi connectivity index (χ0) is 23.8. The number of carbonyl (C=O) groups excluding carboxylic acids is 2. The number of aromatic nitrogens is 2. The van der Waals surface area contributed by atoms with Gasteiger partial charge in [0.05, 0.1) is 16.9 Å². The molecule has 34 heavy (non-hydrogen) atoms. The topological polar surface area (TPSA) is 107 Å². The number of hydrogen-bond donors (Lipinski definition) is 4. The van der Waals surface area contributed by atoms with Crippen LogP contribution < -0.4 is 16.1 Å². The zero-order valence-electron chi connectivity index (χ0n) is 17.4. The summed E-state index contributed by atoms with van der Waals surface area (Å²) in [5.41, 5.74) is 1.16. The van der Waals surface area contributed by atoms with Gasteiger partial charge in [-0.1, -0.05) is 12.1 Å². The zero-order valence-corrected chi connectivity index (χ0v) is 17.4. The fourth-order valence-electron chi connectivity index (χ4n) is 3.73. The molecule has 7 nitrogen and oxygen atoms in total. The van der Waals surface area contributed by atoms with E-state index in [2.05, 4.69) is 20.6 Å². The Morgan fingerprint density at radius 3 is 2.50 bits per heavy atom. The fourth-order valence-corrected chi connectivity index (χ4v) is 3.73. The first-order chi connectivity index (χ1) is 16.4. The van der Waals surface area contributed by atoms with Crippen molar-refractivity contribution < 1.29 is 18.4 Å². The van der Waals surface area contributed by atoms with Crippen LogP contribution in [-0.2, 0) is 4.79 Å². The van der Waals surface area contributed by atoms with Crippen LogP contribution in [0.4, 0.5) is 20.2 Å². The van der Waals surface area contributed by atoms with Crippen molar-refractivity contribution in [1.82, 2.24) is 9.97 Å². The summed E-state index contributed by atoms with van der Waals surface area (Å²) in [6.07, 6.45) is 5.90. The highest BCUT2D eigenvalue weighted by Crippen LogP contribution is 2.36. The van der Waals surface area contributed by atoms with E-state index in [4.69, 9.17) is 0 Å². The lowest BCUT2D eigenvalue weighted by Gasteiger charge is -2.09. The highest BCUT2D eigenvalue weighted by Gasteiger charge is 2.27. The summed E-state index contributed by atoms with van der Waals surface area (Å²) in [4.78, 5) is 43.7. The van der Waals surface area contributed by atoms with Crippen LogP contribution in [0.1, 0.15) is 21.6 Å². The first-order valence-electron chi connectivity index (χ1n) is 10.2. The summed E-state index contributed by atoms with van der Waals surface area (Å²) >= 11 is 0. The molecule has 4 aromatic rings. The standard InChI is InChI=1S/C25H16F2N4O3/c26-14-5-3-13(4-6-14)18-11-28-12-19(23(18)32)25(34)31-22-10-21-16(9-20(22)27)17(24(33)30-21)8-15-2-1-7-29-15/h1-12,29H,(H,28,32)(H,30,33)(H,31,34). The van der Waals surface area contributed by atoms with Gasteiger partial charge in [-0.2, -0.15) is 0 Å². The van der Waals surface area contributed by atoms with Gasteiger partial charge in [-0.15, -0.1) is 0 Å². The second-order valence-electron chi connectivity index (χ2n) is 7.59. The summed E-state index contributed by atoms with van der Waals surface area (Å²) in [5, 5.41) is 5.04. The Hall–Kier alpha value is -4.79. The molecule has 5 rings (SSSR count). The minimum atomic E-state index is -0.837. The quantitative estimate of drug-likeness (QED) is 0.341. The molecule has 0 spiro atoms. The maximum Gasteiger partial charge on any atom is 0.261 e. The molecule has 2 aromatic carbocycles. The maximum absolute atomic E-state index is 14.9. The van der Waals surface area contributed by atoms with Crippen LogP contribution in [0.5, 0.6) is 0 Å². The van der Waals surface area contributed by atoms with Crippen LogP contribution in [0.25, 0.3) is 22.8 Å². The van der Waals surface area contributed by atoms with Gasteiger partial charge >= 0.3 is 0 Å². The van der Waals surface area contributed by atoms with Crippen LogP contribution in [0.2, 0.25) is 0 Å². The number of benzene rings is 2. The van der Waals surface area contributed by atoms with Crippen molar-refractivity contribution in [3.63, 3.8) is 0 Å². The second-order valence-corrected chi connectivity index (χ2v) is 7.59. The summed E-state index contributed by atoms with van der Waals surface area (Å²) < 4.78 is 28.1. The van der Waals surface area contributed by atoms with Crippen LogP contribution in [0, 0.1) is 11.6 Å². The molecule has 1 aliphatic heterocycles. The molecule has 0 bridgehead atoms. The van der Waals surface area contributed by atoms with Crippen molar-refractivity contribution >= 4 is 34.8 Å². The smallest absolute Gasteiger partial charge is 0.261 e. The number of amides is 2. The lowest BCUT2D eigenvalue weighted by Crippen LogP contribution is -2.23. The number of carbonyl (C=O) groups is 2. The fraction of sp³-hybridized carbons (Fsp3) is 0. The van der Waals surface area contributed by atoms with E-state index in [1.54, 1.807) is 24.4 Å². The number of hydrogen-bond acceptors (Lipinski definition) is 3. The molecule has 168 valence electrons. The van der Waals surface area contributed by atoms with Crippen molar-refractivity contribution in [2.45, 2.75) is 0 Å². The lowest BCUT2D eigenvalue weighted by molar-refractivity contribution is -0.110. The summed E-state index contributed by atoms with van der Waals surface area (Å²) in [5.74, 6) is -2.47. The number of aromatic amines is 2. The SMILES string of the molecule is O=C1Nc2cc(NC(=O)c3c[nH]cc(-c4ccc(F)cc4)c3=O)c(F)cc2C1=Cc1ccc[nH]1. The van der Waals surface area contributed by atoms with Gasteiger partial charge < -0.3 is 20.6 Å². The summed E-state index contributed by atoms with van der Waals surface area (Å²) in [6.45, 7) is 0. The third-order valence-electron chi connectivity index (χ3n) is 5.40. The predicted molar refractivity (Wildman–Crippen MR) is 124 cm³/mol. The van der Waals surface area contributed by atoms with Crippen molar-refractivity contribution in [1.29, 1.82) is 0 Å². The van der Waals surface area contributed by atoms with Crippen LogP contribution in [-0.4, -0.2) is 21.8 Å². The van der Waals surface area contributed by atoms with E-state index in [0.29, 0.717) is 22.5 Å². The summed E-state index contributed by atoms with van der Waals surface area (Å²) in [6, 6.07) is 11.2. The average molecular weight is 458 g/mol. The second kappa shape index (κ2) is 8.28. The van der Waals surface area contributed by atoms with Gasteiger partial charge in [0, 0.05) is 35.4 Å². The van der Waals surface area contributed by atoms with Crippen LogP contribution in [0.15, 0.2) is 71.9 Å². The molecule has 0 fully saturated rings. The number of H-pyrrole nitrogens is 2. The third kappa shape index (κ3) is 3.79. The number of anilines is 2. The molecule has 0 aliphatic carbocycles. The van der Waals surface area contributed by atoms with Crippen LogP contribution in [0.3, 0.4) is 0 Å². The van der Waals surface area contributed by atoms with Gasteiger partial charge in [0.2, 0.25) is 5.43 Å². The molecule has 1 aliphatic rings. The average Bonchev–Trinajstić information content (AvgIpc) is 3.43. The van der Waals surface area contributed by atoms with E-state index < -0.39 is 28.9 Å². The van der Waals surface area contributed by atoms with E-state index >= 15 is 0 Å². The van der Waals surface area contributed by atoms with Gasteiger partial charge in [0.15, 0.2) is 0 Å². The first kappa shape index (κ1) is 21.1. The number of pyridine rings is 1. The molecule has 0 saturated heterocycles. The summed E-state index contributed by atoms with van der Waals surface area (Å²) in [7, 11) is 0. The Morgan fingerprint density at radius 1 is 0.971 bits per heavy atom. The molecular weight excluding hydrogens is 442 g/mol. The molecule has 0 radical (unpaired) electrons. The number of halogens is 2. The molecule has 4 N–H and O–H groups in total. The number of fused-ring (bicyclic) bond motifs is 1. The normalized spacial score (nSPS) is 13.6. The molecule has 3 heterocycles. The van der Waals surface area contributed by atoms with Gasteiger partial charge in [0.25, 0.3) is 11.8 Å². The van der Waals surface area contributed by atoms with Gasteiger partial charge in [-0.3, -0.25) is 14.4 Å². The number of nitrogens with one attached hydrogen (secondary N) is 4. The highest BCUT2D eigenvalue weighted by atomic mass is 19.1. The molecule has 2 aromatic heterocycles. The molecule has 2 amide bonds. The first-order valence-corrected chi connectivity index (χ1v) is 10.2. The highest BCUT2D eigenvalue weighted by molar-refractivity contribution is 6.35. The van der Waals surface area contributed by atoms with E-state index in [0.717, 1.165) is 6.07 Å². The third-order valence-corrected chi connectivity index (χ3v) is 5.40. The molecule has 0 unspecified atom stereocenters.